The Kier molecular flexibility index (Phi) is 5.03. The molecule has 0 heterocycles. The van der Waals surface area contributed by atoms with Crippen molar-refractivity contribution in [3.8, 4) is 0 Å². The van der Waals surface area contributed by atoms with E-state index in [1.54, 1.807) is 0 Å². The molecule has 0 radical (unpaired) electrons. The summed E-state index contributed by atoms with van der Waals surface area (Å²) < 4.78 is 0. The average Bonchev–Trinajstić information content (AvgIpc) is 2.33. The van der Waals surface area contributed by atoms with Crippen LogP contribution in [0.15, 0.2) is 0 Å². The van der Waals surface area contributed by atoms with E-state index in [2.05, 4.69) is 0 Å². The molecule has 15 heavy (non-hydrogen) atoms. The molecule has 2 saturated carbocycles. The van der Waals surface area contributed by atoms with Gasteiger partial charge in [-0.15, -0.1) is 0 Å². The largest absolute Gasteiger partial charge is 0.176 e. The molecule has 0 bridgehead atoms. The van der Waals surface area contributed by atoms with Gasteiger partial charge in [0.1, 0.15) is 8.83 Å². The second-order valence-corrected chi connectivity index (χ2v) is 7.79. The van der Waals surface area contributed by atoms with Crippen LogP contribution in [0.3, 0.4) is 0 Å². The molecule has 0 spiro atoms. The Hall–Kier alpha value is 0.507. The lowest BCUT2D eigenvalue weighted by Gasteiger charge is -2.36. The number of halogens is 1. The average molecular weight is 245 g/mol. The monoisotopic (exact) mass is 244 g/mol. The highest BCUT2D eigenvalue weighted by atomic mass is 35.6. The maximum atomic E-state index is 6.37. The summed E-state index contributed by atoms with van der Waals surface area (Å²) >= 11 is 6.37. The van der Waals surface area contributed by atoms with Crippen LogP contribution in [0, 0.1) is 11.8 Å². The quantitative estimate of drug-likeness (QED) is 0.514. The molecule has 0 amide bonds. The van der Waals surface area contributed by atoms with Crippen molar-refractivity contribution >= 4 is 19.9 Å². The molecule has 2 heteroatoms. The van der Waals surface area contributed by atoms with Crippen LogP contribution in [-0.4, -0.2) is 8.83 Å². The predicted molar refractivity (Wildman–Crippen MR) is 71.3 cm³/mol. The molecule has 0 aromatic carbocycles. The maximum Gasteiger partial charge on any atom is 0.128 e. The first-order valence-electron chi connectivity index (χ1n) is 6.98. The summed E-state index contributed by atoms with van der Waals surface area (Å²) in [6.45, 7) is 0. The van der Waals surface area contributed by atoms with Crippen molar-refractivity contribution in [2.45, 2.75) is 69.7 Å². The van der Waals surface area contributed by atoms with E-state index < -0.39 is 0 Å². The van der Waals surface area contributed by atoms with Crippen LogP contribution in [0.4, 0.5) is 0 Å². The van der Waals surface area contributed by atoms with Gasteiger partial charge in [-0.05, 0) is 17.4 Å². The second-order valence-electron chi connectivity index (χ2n) is 5.61. The topological polar surface area (TPSA) is 0 Å². The van der Waals surface area contributed by atoms with Crippen LogP contribution in [0.1, 0.15) is 64.2 Å². The Bertz CT molecular complexity index is 153. The Morgan fingerprint density at radius 2 is 1.13 bits per heavy atom. The third-order valence-corrected chi connectivity index (χ3v) is 7.45. The molecule has 88 valence electrons. The Morgan fingerprint density at radius 1 is 0.733 bits per heavy atom. The van der Waals surface area contributed by atoms with Crippen LogP contribution in [0.25, 0.3) is 0 Å². The van der Waals surface area contributed by atoms with Gasteiger partial charge in [0.25, 0.3) is 0 Å². The molecule has 0 nitrogen and oxygen atoms in total. The minimum Gasteiger partial charge on any atom is -0.176 e. The molecule has 2 aliphatic carbocycles. The molecule has 0 aromatic heterocycles. The highest BCUT2D eigenvalue weighted by Crippen LogP contribution is 2.43. The fraction of sp³-hybridized carbons (Fsp3) is 1.00. The lowest BCUT2D eigenvalue weighted by atomic mass is 9.77. The summed E-state index contributed by atoms with van der Waals surface area (Å²) in [4.78, 5) is 0. The zero-order chi connectivity index (χ0) is 10.5. The van der Waals surface area contributed by atoms with Crippen LogP contribution >= 0.6 is 11.1 Å². The SMILES string of the molecule is Cl[SiH2]C(C1CCCCC1)C1CCCCC1. The van der Waals surface area contributed by atoms with Gasteiger partial charge in [-0.25, -0.2) is 0 Å². The summed E-state index contributed by atoms with van der Waals surface area (Å²) in [7, 11) is -0.290. The van der Waals surface area contributed by atoms with E-state index in [9.17, 15) is 0 Å². The molecule has 0 saturated heterocycles. The Balaban J connectivity index is 1.88. The first-order valence-corrected chi connectivity index (χ1v) is 9.93. The van der Waals surface area contributed by atoms with Crippen molar-refractivity contribution in [3.63, 3.8) is 0 Å². The Labute approximate surface area is 102 Å². The highest BCUT2D eigenvalue weighted by molar-refractivity contribution is 6.94. The lowest BCUT2D eigenvalue weighted by Crippen LogP contribution is -2.25. The van der Waals surface area contributed by atoms with Gasteiger partial charge < -0.3 is 0 Å². The van der Waals surface area contributed by atoms with E-state index in [4.69, 9.17) is 11.1 Å². The molecule has 0 aliphatic heterocycles. The van der Waals surface area contributed by atoms with Gasteiger partial charge >= 0.3 is 0 Å². The van der Waals surface area contributed by atoms with Gasteiger partial charge in [0.15, 0.2) is 0 Å². The van der Waals surface area contributed by atoms with Gasteiger partial charge in [-0.2, -0.15) is 11.1 Å². The van der Waals surface area contributed by atoms with Crippen LogP contribution in [-0.2, 0) is 0 Å². The molecule has 2 rings (SSSR count). The molecular formula is C13H25ClSi. The first kappa shape index (κ1) is 12.0. The third kappa shape index (κ3) is 3.23. The van der Waals surface area contributed by atoms with Crippen LogP contribution < -0.4 is 0 Å². The number of rotatable bonds is 3. The van der Waals surface area contributed by atoms with Gasteiger partial charge in [0, 0.05) is 0 Å². The van der Waals surface area contributed by atoms with Crippen molar-refractivity contribution < 1.29 is 0 Å². The summed E-state index contributed by atoms with van der Waals surface area (Å²) in [5.74, 6) is 2.07. The third-order valence-electron chi connectivity index (χ3n) is 4.69. The molecule has 0 N–H and O–H groups in total. The summed E-state index contributed by atoms with van der Waals surface area (Å²) in [6.07, 6.45) is 14.9. The fourth-order valence-corrected chi connectivity index (χ4v) is 6.72. The van der Waals surface area contributed by atoms with Crippen LogP contribution in [0.2, 0.25) is 5.54 Å². The van der Waals surface area contributed by atoms with E-state index in [-0.39, 0.29) is 8.83 Å². The van der Waals surface area contributed by atoms with E-state index >= 15 is 0 Å². The minimum atomic E-state index is -0.290. The normalized spacial score (nSPS) is 26.8. The van der Waals surface area contributed by atoms with Crippen molar-refractivity contribution in [2.75, 3.05) is 0 Å². The summed E-state index contributed by atoms with van der Waals surface area (Å²) in [6, 6.07) is 0. The van der Waals surface area contributed by atoms with Crippen molar-refractivity contribution in [1.29, 1.82) is 0 Å². The molecule has 0 unspecified atom stereocenters. The summed E-state index contributed by atoms with van der Waals surface area (Å²) in [5, 5.41) is 0. The molecule has 2 aliphatic rings. The zero-order valence-electron chi connectivity index (χ0n) is 9.89. The van der Waals surface area contributed by atoms with Crippen molar-refractivity contribution in [3.05, 3.63) is 0 Å². The van der Waals surface area contributed by atoms with Gasteiger partial charge in [0.05, 0.1) is 0 Å². The van der Waals surface area contributed by atoms with E-state index in [1.165, 1.54) is 64.2 Å². The predicted octanol–water partition coefficient (Wildman–Crippen LogP) is 4.26. The van der Waals surface area contributed by atoms with E-state index in [1.807, 2.05) is 0 Å². The highest BCUT2D eigenvalue weighted by Gasteiger charge is 2.30. The fourth-order valence-electron chi connectivity index (χ4n) is 3.76. The lowest BCUT2D eigenvalue weighted by molar-refractivity contribution is 0.245. The first-order chi connectivity index (χ1) is 7.42. The van der Waals surface area contributed by atoms with Gasteiger partial charge in [-0.3, -0.25) is 0 Å². The summed E-state index contributed by atoms with van der Waals surface area (Å²) in [5.41, 5.74) is 0.993. The number of hydrogen-bond donors (Lipinski definition) is 0. The van der Waals surface area contributed by atoms with Gasteiger partial charge in [0.2, 0.25) is 0 Å². The standard InChI is InChI=1S/C13H25ClSi/c14-15-13(11-7-3-1-4-8-11)12-9-5-2-6-10-12/h11-13H,1-10,15H2. The van der Waals surface area contributed by atoms with Crippen LogP contribution in [0.5, 0.6) is 0 Å². The van der Waals surface area contributed by atoms with E-state index in [0.717, 1.165) is 17.4 Å². The minimum absolute atomic E-state index is 0.290. The zero-order valence-corrected chi connectivity index (χ0v) is 12.1. The van der Waals surface area contributed by atoms with E-state index in [0.29, 0.717) is 0 Å². The molecular weight excluding hydrogens is 220 g/mol. The second kappa shape index (κ2) is 6.29. The smallest absolute Gasteiger partial charge is 0.128 e. The molecule has 0 aromatic rings. The number of hydrogen-bond acceptors (Lipinski definition) is 0. The Morgan fingerprint density at radius 3 is 1.47 bits per heavy atom. The van der Waals surface area contributed by atoms with Crippen molar-refractivity contribution in [1.82, 2.24) is 0 Å². The molecule has 2 fully saturated rings. The molecule has 0 atom stereocenters. The van der Waals surface area contributed by atoms with Gasteiger partial charge in [-0.1, -0.05) is 64.2 Å². The maximum absolute atomic E-state index is 6.37. The van der Waals surface area contributed by atoms with Crippen molar-refractivity contribution in [2.24, 2.45) is 11.8 Å².